The summed E-state index contributed by atoms with van der Waals surface area (Å²) in [6.45, 7) is 1.37. The summed E-state index contributed by atoms with van der Waals surface area (Å²) in [6.07, 6.45) is 3.12. The lowest BCUT2D eigenvalue weighted by Crippen LogP contribution is -2.71. The van der Waals surface area contributed by atoms with Crippen LogP contribution in [0.3, 0.4) is 0 Å². The molecule has 0 aliphatic carbocycles. The van der Waals surface area contributed by atoms with Crippen molar-refractivity contribution in [3.8, 4) is 5.75 Å². The predicted molar refractivity (Wildman–Crippen MR) is 90.8 cm³/mol. The molecular weight excluding hydrogens is 304 g/mol. The Morgan fingerprint density at radius 1 is 1.08 bits per heavy atom. The molecule has 0 radical (unpaired) electrons. The van der Waals surface area contributed by atoms with Crippen LogP contribution in [0.15, 0.2) is 66.7 Å². The molecule has 24 heavy (non-hydrogen) atoms. The van der Waals surface area contributed by atoms with Gasteiger partial charge < -0.3 is 4.74 Å². The number of β-lactam (4-membered cyclic amide) rings is 1. The topological polar surface area (TPSA) is 58.6 Å². The number of rotatable bonds is 5. The molecule has 1 saturated heterocycles. The van der Waals surface area contributed by atoms with E-state index >= 15 is 0 Å². The van der Waals surface area contributed by atoms with Gasteiger partial charge >= 0.3 is 0 Å². The Kier molecular flexibility index (Phi) is 4.61. The Morgan fingerprint density at radius 3 is 2.33 bits per heavy atom. The highest BCUT2D eigenvalue weighted by Crippen LogP contribution is 2.25. The normalized spacial score (nSPS) is 19.9. The average Bonchev–Trinajstić information content (AvgIpc) is 2.61. The number of carbonyl (C=O) groups excluding carboxylic acids is 2. The van der Waals surface area contributed by atoms with Gasteiger partial charge in [-0.05, 0) is 17.7 Å². The third kappa shape index (κ3) is 3.46. The molecule has 122 valence electrons. The first kappa shape index (κ1) is 15.8. The minimum Gasteiger partial charge on any atom is -0.478 e. The van der Waals surface area contributed by atoms with E-state index in [4.69, 9.17) is 4.74 Å². The fourth-order valence-electron chi connectivity index (χ4n) is 2.51. The third-order valence-corrected chi connectivity index (χ3v) is 3.66. The Hall–Kier alpha value is -3.08. The van der Waals surface area contributed by atoms with Crippen LogP contribution in [0.4, 0.5) is 0 Å². The highest BCUT2D eigenvalue weighted by molar-refractivity contribution is 5.91. The summed E-state index contributed by atoms with van der Waals surface area (Å²) in [5.74, 6) is 0.0628. The molecule has 5 heteroatoms. The van der Waals surface area contributed by atoms with Crippen LogP contribution in [0.2, 0.25) is 0 Å². The Balaban J connectivity index is 1.77. The lowest BCUT2D eigenvalue weighted by Gasteiger charge is -2.44. The van der Waals surface area contributed by atoms with Crippen molar-refractivity contribution in [1.29, 1.82) is 0 Å². The fraction of sp³-hybridized carbons (Fsp3) is 0.158. The van der Waals surface area contributed by atoms with Crippen molar-refractivity contribution in [2.24, 2.45) is 0 Å². The monoisotopic (exact) mass is 322 g/mol. The predicted octanol–water partition coefficient (Wildman–Crippen LogP) is 2.41. The highest BCUT2D eigenvalue weighted by Gasteiger charge is 2.49. The first-order valence-electron chi connectivity index (χ1n) is 7.70. The number of hydrazine groups is 1. The van der Waals surface area contributed by atoms with Crippen LogP contribution in [-0.4, -0.2) is 29.0 Å². The van der Waals surface area contributed by atoms with E-state index < -0.39 is 6.10 Å². The molecule has 0 aromatic heterocycles. The molecule has 2 atom stereocenters. The van der Waals surface area contributed by atoms with Crippen LogP contribution in [-0.2, 0) is 9.59 Å². The molecule has 3 rings (SSSR count). The van der Waals surface area contributed by atoms with E-state index in [2.05, 4.69) is 5.43 Å². The van der Waals surface area contributed by atoms with Gasteiger partial charge in [-0.2, -0.15) is 0 Å². The number of benzene rings is 2. The minimum atomic E-state index is -0.654. The first-order chi connectivity index (χ1) is 11.6. The van der Waals surface area contributed by atoms with Crippen molar-refractivity contribution in [1.82, 2.24) is 10.4 Å². The molecule has 2 aromatic carbocycles. The molecule has 2 amide bonds. The van der Waals surface area contributed by atoms with E-state index in [0.717, 1.165) is 5.56 Å². The lowest BCUT2D eigenvalue weighted by atomic mass is 9.99. The maximum absolute atomic E-state index is 12.3. The zero-order valence-corrected chi connectivity index (χ0v) is 13.3. The number of ether oxygens (including phenoxy) is 1. The summed E-state index contributed by atoms with van der Waals surface area (Å²) < 4.78 is 5.78. The average molecular weight is 322 g/mol. The van der Waals surface area contributed by atoms with E-state index in [1.807, 2.05) is 60.7 Å². The van der Waals surface area contributed by atoms with E-state index in [-0.39, 0.29) is 17.9 Å². The lowest BCUT2D eigenvalue weighted by molar-refractivity contribution is -0.168. The van der Waals surface area contributed by atoms with Crippen LogP contribution in [0.5, 0.6) is 5.75 Å². The molecule has 0 spiro atoms. The summed E-state index contributed by atoms with van der Waals surface area (Å²) in [4.78, 5) is 23.6. The van der Waals surface area contributed by atoms with Gasteiger partial charge in [0.2, 0.25) is 12.0 Å². The second-order valence-corrected chi connectivity index (χ2v) is 5.49. The quantitative estimate of drug-likeness (QED) is 0.860. The standard InChI is InChI=1S/C19H18N2O3/c1-14(22)20-21-17(13-12-15-8-4-2-5-9-15)18(19(21)23)24-16-10-6-3-7-11-16/h2-13,17-18H,1H3,(H,20,22). The molecule has 1 heterocycles. The van der Waals surface area contributed by atoms with Crippen molar-refractivity contribution in [2.45, 2.75) is 19.1 Å². The second kappa shape index (κ2) is 7.00. The number of carbonyl (C=O) groups is 2. The van der Waals surface area contributed by atoms with Gasteiger partial charge in [0.1, 0.15) is 11.8 Å². The van der Waals surface area contributed by atoms with Crippen molar-refractivity contribution in [2.75, 3.05) is 0 Å². The molecule has 2 unspecified atom stereocenters. The smallest absolute Gasteiger partial charge is 0.285 e. The second-order valence-electron chi connectivity index (χ2n) is 5.49. The van der Waals surface area contributed by atoms with Gasteiger partial charge in [-0.1, -0.05) is 60.7 Å². The summed E-state index contributed by atoms with van der Waals surface area (Å²) in [7, 11) is 0. The molecule has 0 saturated carbocycles. The van der Waals surface area contributed by atoms with E-state index in [1.54, 1.807) is 12.1 Å². The molecule has 1 aliphatic heterocycles. The van der Waals surface area contributed by atoms with Gasteiger partial charge in [0, 0.05) is 6.92 Å². The Morgan fingerprint density at radius 2 is 1.71 bits per heavy atom. The molecule has 1 fully saturated rings. The summed E-state index contributed by atoms with van der Waals surface area (Å²) in [6, 6.07) is 18.6. The van der Waals surface area contributed by atoms with Gasteiger partial charge in [-0.25, -0.2) is 5.01 Å². The number of nitrogens with one attached hydrogen (secondary N) is 1. The van der Waals surface area contributed by atoms with Crippen LogP contribution >= 0.6 is 0 Å². The SMILES string of the molecule is CC(=O)NN1C(=O)C(Oc2ccccc2)C1C=Cc1ccccc1. The summed E-state index contributed by atoms with van der Waals surface area (Å²) >= 11 is 0. The minimum absolute atomic E-state index is 0.267. The maximum atomic E-state index is 12.3. The van der Waals surface area contributed by atoms with E-state index in [9.17, 15) is 9.59 Å². The first-order valence-corrected chi connectivity index (χ1v) is 7.70. The molecule has 5 nitrogen and oxygen atoms in total. The summed E-state index contributed by atoms with van der Waals surface area (Å²) in [5.41, 5.74) is 3.56. The molecule has 2 aromatic rings. The number of hydrogen-bond acceptors (Lipinski definition) is 3. The van der Waals surface area contributed by atoms with E-state index in [1.165, 1.54) is 11.9 Å². The molecule has 1 aliphatic rings. The van der Waals surface area contributed by atoms with Crippen molar-refractivity contribution < 1.29 is 14.3 Å². The number of amides is 2. The highest BCUT2D eigenvalue weighted by atomic mass is 16.5. The van der Waals surface area contributed by atoms with Crippen LogP contribution in [0.25, 0.3) is 6.08 Å². The largest absolute Gasteiger partial charge is 0.478 e. The molecule has 1 N–H and O–H groups in total. The van der Waals surface area contributed by atoms with Crippen molar-refractivity contribution >= 4 is 17.9 Å². The third-order valence-electron chi connectivity index (χ3n) is 3.66. The van der Waals surface area contributed by atoms with Gasteiger partial charge in [-0.15, -0.1) is 0 Å². The van der Waals surface area contributed by atoms with Crippen molar-refractivity contribution in [3.05, 3.63) is 72.3 Å². The fourth-order valence-corrected chi connectivity index (χ4v) is 2.51. The van der Waals surface area contributed by atoms with Gasteiger partial charge in [0.15, 0.2) is 0 Å². The van der Waals surface area contributed by atoms with Gasteiger partial charge in [0.05, 0.1) is 0 Å². The van der Waals surface area contributed by atoms with Gasteiger partial charge in [-0.3, -0.25) is 15.0 Å². The molecule has 0 bridgehead atoms. The number of para-hydroxylation sites is 1. The Bertz CT molecular complexity index is 744. The van der Waals surface area contributed by atoms with Crippen molar-refractivity contribution in [3.63, 3.8) is 0 Å². The number of nitrogens with zero attached hydrogens (tertiary/aromatic N) is 1. The number of hydrogen-bond donors (Lipinski definition) is 1. The van der Waals surface area contributed by atoms with E-state index in [0.29, 0.717) is 5.75 Å². The van der Waals surface area contributed by atoms with Crippen LogP contribution in [0.1, 0.15) is 12.5 Å². The molecular formula is C19H18N2O3. The van der Waals surface area contributed by atoms with Gasteiger partial charge in [0.25, 0.3) is 5.91 Å². The zero-order valence-electron chi connectivity index (χ0n) is 13.3. The maximum Gasteiger partial charge on any atom is 0.285 e. The van der Waals surface area contributed by atoms with Crippen LogP contribution in [0, 0.1) is 0 Å². The Labute approximate surface area is 140 Å². The van der Waals surface area contributed by atoms with Crippen LogP contribution < -0.4 is 10.2 Å². The summed E-state index contributed by atoms with van der Waals surface area (Å²) in [5, 5.41) is 1.30. The zero-order chi connectivity index (χ0) is 16.9.